The van der Waals surface area contributed by atoms with Gasteiger partial charge >= 0.3 is 0 Å². The summed E-state index contributed by atoms with van der Waals surface area (Å²) in [4.78, 5) is 15.5. The van der Waals surface area contributed by atoms with E-state index in [1.165, 1.54) is 6.26 Å². The minimum absolute atomic E-state index is 0.0586. The van der Waals surface area contributed by atoms with Crippen LogP contribution in [0.5, 0.6) is 5.75 Å². The number of nitrogens with zero attached hydrogens (tertiary/aromatic N) is 1. The van der Waals surface area contributed by atoms with Gasteiger partial charge < -0.3 is 14.4 Å². The fourth-order valence-corrected chi connectivity index (χ4v) is 7.90. The Balaban J connectivity index is 1.50. The smallest absolute Gasteiger partial charge is 0.264 e. The van der Waals surface area contributed by atoms with Crippen LogP contribution in [0, 0.1) is 11.8 Å². The number of ether oxygens (including phenoxy) is 2. The van der Waals surface area contributed by atoms with E-state index in [0.29, 0.717) is 43.3 Å². The van der Waals surface area contributed by atoms with Crippen molar-refractivity contribution >= 4 is 43.1 Å². The lowest BCUT2D eigenvalue weighted by molar-refractivity contribution is -0.00763. The molecule has 4 atom stereocenters. The first kappa shape index (κ1) is 33.8. The van der Waals surface area contributed by atoms with E-state index in [-0.39, 0.29) is 35.9 Å². The molecule has 0 saturated heterocycles. The maximum atomic E-state index is 13.3. The maximum absolute atomic E-state index is 13.3. The van der Waals surface area contributed by atoms with Crippen molar-refractivity contribution in [1.29, 1.82) is 0 Å². The number of amides is 1. The monoisotopic (exact) mass is 678 g/mol. The topological polar surface area (TPSA) is 119 Å². The highest BCUT2D eigenvalue weighted by molar-refractivity contribution is 7.90. The Morgan fingerprint density at radius 1 is 1.09 bits per heavy atom. The molecule has 45 heavy (non-hydrogen) atoms. The summed E-state index contributed by atoms with van der Waals surface area (Å²) < 4.78 is 64.6. The van der Waals surface area contributed by atoms with Crippen molar-refractivity contribution < 1.29 is 31.1 Å². The lowest BCUT2D eigenvalue weighted by atomic mass is 9.70. The van der Waals surface area contributed by atoms with E-state index in [9.17, 15) is 21.6 Å². The van der Waals surface area contributed by atoms with Crippen LogP contribution >= 0.6 is 11.6 Å². The molecule has 1 saturated carbocycles. The molecule has 9 nitrogen and oxygen atoms in total. The fraction of sp³-hybridized carbons (Fsp3) is 0.545. The maximum Gasteiger partial charge on any atom is 0.264 e. The van der Waals surface area contributed by atoms with Gasteiger partial charge in [0.2, 0.25) is 10.0 Å². The third-order valence-corrected chi connectivity index (χ3v) is 12.1. The van der Waals surface area contributed by atoms with Gasteiger partial charge in [-0.15, -0.1) is 0 Å². The standard InChI is InChI=1S/C33H43ClN2O7S2/c1-23-7-3-4-9-31(42-17-18-44(2,38)39)29-14-11-26(29)21-36-16-6-5-8-24-19-28(34)13-10-27(24)22-43-32-15-12-25(20-30(32)36)33(37)35-45(23,40)41/h4,9-10,12-13,15,19-20,23,26,29,31H,3,5-8,11,14,16-18,21-22H2,1-2H3,(H,35,37)/b9-4+/t23-,26+,29-,31+/m1/s1. The van der Waals surface area contributed by atoms with Crippen molar-refractivity contribution in [3.63, 3.8) is 0 Å². The zero-order valence-corrected chi connectivity index (χ0v) is 28.3. The molecule has 246 valence electrons. The third-order valence-electron chi connectivity index (χ3n) is 9.19. The first-order chi connectivity index (χ1) is 21.4. The number of sulfone groups is 1. The summed E-state index contributed by atoms with van der Waals surface area (Å²) >= 11 is 6.32. The molecule has 1 fully saturated rings. The number of sulfonamides is 1. The summed E-state index contributed by atoms with van der Waals surface area (Å²) in [5, 5.41) is -0.110. The van der Waals surface area contributed by atoms with E-state index in [1.54, 1.807) is 25.1 Å². The van der Waals surface area contributed by atoms with Crippen LogP contribution in [0.2, 0.25) is 5.02 Å². The van der Waals surface area contributed by atoms with E-state index >= 15 is 0 Å². The summed E-state index contributed by atoms with van der Waals surface area (Å²) in [6, 6.07) is 10.9. The second-order valence-electron chi connectivity index (χ2n) is 12.5. The van der Waals surface area contributed by atoms with Crippen molar-refractivity contribution in [2.45, 2.75) is 69.8 Å². The SMILES string of the molecule is C[C@@H]1CC/C=C/[C@H](OCCS(C)(=O)=O)[C@@H]2CC[C@H]2CN2CCCCc3cc(Cl)ccc3COc3ccc(cc32)C(=O)NS1(=O)=O. The van der Waals surface area contributed by atoms with Crippen molar-refractivity contribution in [3.05, 3.63) is 70.3 Å². The van der Waals surface area contributed by atoms with Gasteiger partial charge in [-0.25, -0.2) is 21.6 Å². The molecule has 2 bridgehead atoms. The predicted molar refractivity (Wildman–Crippen MR) is 177 cm³/mol. The van der Waals surface area contributed by atoms with Crippen LogP contribution in [0.15, 0.2) is 48.6 Å². The molecular formula is C33H43ClN2O7S2. The number of nitrogens with one attached hydrogen (secondary N) is 1. The number of fused-ring (bicyclic) bond motifs is 3. The molecule has 12 heteroatoms. The normalized spacial score (nSPS) is 26.6. The molecule has 2 heterocycles. The van der Waals surface area contributed by atoms with E-state index in [0.717, 1.165) is 48.9 Å². The van der Waals surface area contributed by atoms with Crippen LogP contribution in [-0.4, -0.2) is 65.8 Å². The van der Waals surface area contributed by atoms with Gasteiger partial charge in [-0.1, -0.05) is 29.8 Å². The number of halogens is 1. The first-order valence-electron chi connectivity index (χ1n) is 15.7. The molecule has 2 aromatic rings. The molecule has 5 rings (SSSR count). The van der Waals surface area contributed by atoms with Crippen LogP contribution < -0.4 is 14.4 Å². The predicted octanol–water partition coefficient (Wildman–Crippen LogP) is 5.32. The Labute approximate surface area is 272 Å². The van der Waals surface area contributed by atoms with Crippen LogP contribution in [0.3, 0.4) is 0 Å². The number of carbonyl (C=O) groups is 1. The van der Waals surface area contributed by atoms with E-state index in [2.05, 4.69) is 9.62 Å². The molecule has 0 aromatic heterocycles. The lowest BCUT2D eigenvalue weighted by Gasteiger charge is -2.44. The highest BCUT2D eigenvalue weighted by Gasteiger charge is 2.38. The zero-order chi connectivity index (χ0) is 32.2. The molecule has 2 aliphatic heterocycles. The largest absolute Gasteiger partial charge is 0.487 e. The molecular weight excluding hydrogens is 636 g/mol. The minimum Gasteiger partial charge on any atom is -0.487 e. The molecule has 0 radical (unpaired) electrons. The first-order valence-corrected chi connectivity index (χ1v) is 19.7. The molecule has 0 spiro atoms. The number of benzene rings is 2. The van der Waals surface area contributed by atoms with Crippen molar-refractivity contribution in [2.75, 3.05) is 36.6 Å². The van der Waals surface area contributed by atoms with Gasteiger partial charge in [0.15, 0.2) is 0 Å². The molecule has 1 N–H and O–H groups in total. The summed E-state index contributed by atoms with van der Waals surface area (Å²) in [5.41, 5.74) is 3.20. The Morgan fingerprint density at radius 3 is 2.67 bits per heavy atom. The average Bonchev–Trinajstić information content (AvgIpc) is 2.99. The second-order valence-corrected chi connectivity index (χ2v) is 17.3. The minimum atomic E-state index is -3.93. The summed E-state index contributed by atoms with van der Waals surface area (Å²) in [6.07, 6.45) is 10.2. The number of aryl methyl sites for hydroxylation is 1. The second kappa shape index (κ2) is 14.4. The summed E-state index contributed by atoms with van der Waals surface area (Å²) in [7, 11) is -7.10. The lowest BCUT2D eigenvalue weighted by Crippen LogP contribution is -2.44. The van der Waals surface area contributed by atoms with Gasteiger partial charge in [0.05, 0.1) is 29.4 Å². The molecule has 1 amide bonds. The van der Waals surface area contributed by atoms with Gasteiger partial charge in [0, 0.05) is 29.9 Å². The molecule has 2 aromatic carbocycles. The number of allylic oxidation sites excluding steroid dienone is 1. The van der Waals surface area contributed by atoms with Crippen molar-refractivity contribution in [3.8, 4) is 5.75 Å². The van der Waals surface area contributed by atoms with Gasteiger partial charge in [-0.05, 0) is 105 Å². The van der Waals surface area contributed by atoms with Crippen molar-refractivity contribution in [1.82, 2.24) is 4.72 Å². The third kappa shape index (κ3) is 8.81. The summed E-state index contributed by atoms with van der Waals surface area (Å²) in [5.74, 6) is 0.342. The van der Waals surface area contributed by atoms with Crippen LogP contribution in [-0.2, 0) is 37.6 Å². The van der Waals surface area contributed by atoms with E-state index < -0.39 is 31.0 Å². The number of anilines is 1. The van der Waals surface area contributed by atoms with Crippen LogP contribution in [0.1, 0.15) is 66.9 Å². The zero-order valence-electron chi connectivity index (χ0n) is 25.9. The quantitative estimate of drug-likeness (QED) is 0.432. The molecule has 1 aliphatic carbocycles. The van der Waals surface area contributed by atoms with Gasteiger partial charge in [0.1, 0.15) is 22.2 Å². The fourth-order valence-electron chi connectivity index (χ4n) is 6.28. The molecule has 0 unspecified atom stereocenters. The Bertz CT molecular complexity index is 1630. The van der Waals surface area contributed by atoms with Crippen LogP contribution in [0.25, 0.3) is 0 Å². The Morgan fingerprint density at radius 2 is 1.91 bits per heavy atom. The number of rotatable bonds is 4. The van der Waals surface area contributed by atoms with Gasteiger partial charge in [-0.2, -0.15) is 0 Å². The Hall–Kier alpha value is -2.60. The number of carbonyl (C=O) groups excluding carboxylic acids is 1. The molecule has 3 aliphatic rings. The highest BCUT2D eigenvalue weighted by atomic mass is 35.5. The Kier molecular flexibility index (Phi) is 10.8. The average molecular weight is 679 g/mol. The number of hydrogen-bond donors (Lipinski definition) is 1. The van der Waals surface area contributed by atoms with Crippen LogP contribution in [0.4, 0.5) is 5.69 Å². The van der Waals surface area contributed by atoms with E-state index in [1.807, 2.05) is 30.4 Å². The van der Waals surface area contributed by atoms with Gasteiger partial charge in [0.25, 0.3) is 5.91 Å². The summed E-state index contributed by atoms with van der Waals surface area (Å²) in [6.45, 7) is 3.43. The van der Waals surface area contributed by atoms with Gasteiger partial charge in [-0.3, -0.25) is 4.79 Å². The van der Waals surface area contributed by atoms with E-state index in [4.69, 9.17) is 21.1 Å². The highest BCUT2D eigenvalue weighted by Crippen LogP contribution is 2.42. The van der Waals surface area contributed by atoms with Crippen molar-refractivity contribution in [2.24, 2.45) is 11.8 Å². The number of hydrogen-bond acceptors (Lipinski definition) is 8.